The molecule has 30 heavy (non-hydrogen) atoms. The highest BCUT2D eigenvalue weighted by Crippen LogP contribution is 2.41. The largest absolute Gasteiger partial charge is 0.386 e. The topological polar surface area (TPSA) is 90.8 Å². The summed E-state index contributed by atoms with van der Waals surface area (Å²) in [6.07, 6.45) is 4.51. The number of urea groups is 1. The van der Waals surface area contributed by atoms with Crippen LogP contribution in [-0.4, -0.2) is 22.4 Å². The van der Waals surface area contributed by atoms with Crippen LogP contribution >= 0.6 is 11.3 Å². The number of nitrogens with one attached hydrogen (secondary N) is 2. The van der Waals surface area contributed by atoms with Gasteiger partial charge in [0.15, 0.2) is 9.92 Å². The molecule has 0 saturated carbocycles. The van der Waals surface area contributed by atoms with Crippen LogP contribution in [0.4, 0.5) is 14.9 Å². The number of fused-ring (bicyclic) bond motifs is 2. The molecule has 3 N–H and O–H groups in total. The predicted molar refractivity (Wildman–Crippen MR) is 117 cm³/mol. The van der Waals surface area contributed by atoms with Gasteiger partial charge >= 0.3 is 6.03 Å². The van der Waals surface area contributed by atoms with Crippen LogP contribution in [0.3, 0.4) is 0 Å². The fourth-order valence-corrected chi connectivity index (χ4v) is 7.03. The van der Waals surface area contributed by atoms with Crippen molar-refractivity contribution in [3.8, 4) is 0 Å². The van der Waals surface area contributed by atoms with E-state index in [1.165, 1.54) is 18.4 Å². The number of hydrogen-bond acceptors (Lipinski definition) is 4. The van der Waals surface area contributed by atoms with Crippen LogP contribution in [0, 0.1) is 5.82 Å². The lowest BCUT2D eigenvalue weighted by molar-refractivity contribution is 0.0789. The molecule has 2 aliphatic rings. The van der Waals surface area contributed by atoms with E-state index in [0.717, 1.165) is 36.8 Å². The SMILES string of the molecule is CN[S@](=O)(=NC(=O)Nc1c2c(c(F)c3c1CCC3)CCC2)c1cc(C(C)(C)O)cs1. The number of carbonyl (C=O) groups is 1. The Balaban J connectivity index is 1.70. The Hall–Kier alpha value is -1.81. The van der Waals surface area contributed by atoms with Crippen molar-refractivity contribution < 1.29 is 18.5 Å². The van der Waals surface area contributed by atoms with Crippen molar-refractivity contribution in [1.82, 2.24) is 4.72 Å². The van der Waals surface area contributed by atoms with Gasteiger partial charge in [-0.2, -0.15) is 0 Å². The highest BCUT2D eigenvalue weighted by Gasteiger charge is 2.30. The Morgan fingerprint density at radius 2 is 1.73 bits per heavy atom. The standard InChI is InChI=1S/C21H26FN3O3S2/c1-21(2,27)12-10-17(29-11-12)30(28,23-3)25-20(26)24-19-15-8-4-6-13(15)18(22)14-7-5-9-16(14)19/h10-11,27H,4-9H2,1-3H3,(H2,23,24,25,26,28)/t30-/m0/s1. The zero-order chi connectivity index (χ0) is 21.7. The molecule has 0 radical (unpaired) electrons. The first-order valence-corrected chi connectivity index (χ1v) is 12.5. The Labute approximate surface area is 180 Å². The van der Waals surface area contributed by atoms with E-state index in [2.05, 4.69) is 14.4 Å². The second kappa shape index (κ2) is 7.71. The van der Waals surface area contributed by atoms with Crippen LogP contribution in [0.25, 0.3) is 0 Å². The molecule has 162 valence electrons. The van der Waals surface area contributed by atoms with Gasteiger partial charge in [0.1, 0.15) is 10.0 Å². The summed E-state index contributed by atoms with van der Waals surface area (Å²) in [4.78, 5) is 12.8. The first kappa shape index (κ1) is 21.4. The molecule has 0 aliphatic heterocycles. The molecule has 2 aliphatic carbocycles. The molecule has 0 saturated heterocycles. The van der Waals surface area contributed by atoms with E-state index in [1.54, 1.807) is 25.3 Å². The van der Waals surface area contributed by atoms with Crippen molar-refractivity contribution >= 4 is 33.0 Å². The molecule has 1 heterocycles. The summed E-state index contributed by atoms with van der Waals surface area (Å²) in [5.74, 6) is -0.110. The fraction of sp³-hybridized carbons (Fsp3) is 0.476. The number of nitrogens with zero attached hydrogens (tertiary/aromatic N) is 1. The number of halogens is 1. The van der Waals surface area contributed by atoms with Gasteiger partial charge in [-0.05, 0) is 98.7 Å². The van der Waals surface area contributed by atoms with Gasteiger partial charge in [-0.3, -0.25) is 0 Å². The van der Waals surface area contributed by atoms with E-state index >= 15 is 0 Å². The van der Waals surface area contributed by atoms with Gasteiger partial charge in [-0.25, -0.2) is 18.1 Å². The molecule has 9 heteroatoms. The highest BCUT2D eigenvalue weighted by atomic mass is 32.2. The van der Waals surface area contributed by atoms with Gasteiger partial charge in [-0.15, -0.1) is 15.7 Å². The van der Waals surface area contributed by atoms with Crippen molar-refractivity contribution in [2.75, 3.05) is 12.4 Å². The summed E-state index contributed by atoms with van der Waals surface area (Å²) in [6, 6.07) is 0.885. The van der Waals surface area contributed by atoms with E-state index in [0.29, 0.717) is 39.4 Å². The molecule has 0 fully saturated rings. The molecule has 2 amide bonds. The van der Waals surface area contributed by atoms with Gasteiger partial charge in [0.05, 0.1) is 5.60 Å². The number of benzene rings is 1. The second-order valence-corrected chi connectivity index (χ2v) is 11.5. The van der Waals surface area contributed by atoms with Crippen LogP contribution in [0.5, 0.6) is 0 Å². The second-order valence-electron chi connectivity index (χ2n) is 8.28. The third-order valence-electron chi connectivity index (χ3n) is 5.84. The predicted octanol–water partition coefficient (Wildman–Crippen LogP) is 4.29. The number of hydrogen-bond donors (Lipinski definition) is 3. The molecule has 1 aromatic carbocycles. The number of thiophene rings is 1. The maximum atomic E-state index is 14.8. The monoisotopic (exact) mass is 451 g/mol. The molecule has 0 bridgehead atoms. The summed E-state index contributed by atoms with van der Waals surface area (Å²) in [5.41, 5.74) is 3.30. The smallest absolute Gasteiger partial charge is 0.354 e. The number of amides is 2. The summed E-state index contributed by atoms with van der Waals surface area (Å²) >= 11 is 1.18. The zero-order valence-electron chi connectivity index (χ0n) is 17.3. The minimum absolute atomic E-state index is 0.110. The molecular formula is C21H26FN3O3S2. The average molecular weight is 452 g/mol. The molecule has 1 aromatic heterocycles. The van der Waals surface area contributed by atoms with E-state index < -0.39 is 21.5 Å². The minimum atomic E-state index is -3.20. The van der Waals surface area contributed by atoms with Crippen LogP contribution in [-0.2, 0) is 41.2 Å². The van der Waals surface area contributed by atoms with E-state index in [-0.39, 0.29) is 5.82 Å². The summed E-state index contributed by atoms with van der Waals surface area (Å²) < 4.78 is 35.2. The molecule has 4 rings (SSSR count). The quantitative estimate of drug-likeness (QED) is 0.648. The Morgan fingerprint density at radius 1 is 1.17 bits per heavy atom. The molecule has 0 unspecified atom stereocenters. The third kappa shape index (κ3) is 3.68. The minimum Gasteiger partial charge on any atom is -0.386 e. The van der Waals surface area contributed by atoms with E-state index in [9.17, 15) is 18.5 Å². The third-order valence-corrected chi connectivity index (χ3v) is 9.17. The van der Waals surface area contributed by atoms with Crippen LogP contribution in [0.15, 0.2) is 20.0 Å². The summed E-state index contributed by atoms with van der Waals surface area (Å²) in [7, 11) is -1.72. The van der Waals surface area contributed by atoms with E-state index in [4.69, 9.17) is 0 Å². The van der Waals surface area contributed by atoms with Crippen molar-refractivity contribution in [2.24, 2.45) is 4.36 Å². The lowest BCUT2D eigenvalue weighted by Gasteiger charge is -2.16. The molecule has 1 atom stereocenters. The van der Waals surface area contributed by atoms with Crippen molar-refractivity contribution in [3.05, 3.63) is 45.1 Å². The lowest BCUT2D eigenvalue weighted by atomic mass is 9.98. The van der Waals surface area contributed by atoms with Gasteiger partial charge in [-0.1, -0.05) is 0 Å². The number of rotatable bonds is 4. The van der Waals surface area contributed by atoms with Crippen molar-refractivity contribution in [3.63, 3.8) is 0 Å². The zero-order valence-corrected chi connectivity index (χ0v) is 18.9. The lowest BCUT2D eigenvalue weighted by Crippen LogP contribution is -2.22. The Bertz CT molecular complexity index is 1110. The number of anilines is 1. The maximum Gasteiger partial charge on any atom is 0.354 e. The average Bonchev–Trinajstić information content (AvgIpc) is 3.44. The Morgan fingerprint density at radius 3 is 2.23 bits per heavy atom. The first-order valence-electron chi connectivity index (χ1n) is 10.1. The van der Waals surface area contributed by atoms with Crippen LogP contribution in [0.1, 0.15) is 54.5 Å². The summed E-state index contributed by atoms with van der Waals surface area (Å²) in [6.45, 7) is 3.28. The molecule has 2 aromatic rings. The molecule has 0 spiro atoms. The van der Waals surface area contributed by atoms with Gasteiger partial charge in [0.25, 0.3) is 0 Å². The number of aliphatic hydroxyl groups is 1. The van der Waals surface area contributed by atoms with Gasteiger partial charge in [0.2, 0.25) is 0 Å². The van der Waals surface area contributed by atoms with Crippen molar-refractivity contribution in [1.29, 1.82) is 0 Å². The molecular weight excluding hydrogens is 425 g/mol. The van der Waals surface area contributed by atoms with E-state index in [1.807, 2.05) is 0 Å². The van der Waals surface area contributed by atoms with Gasteiger partial charge in [0, 0.05) is 5.69 Å². The van der Waals surface area contributed by atoms with Gasteiger partial charge < -0.3 is 10.4 Å². The van der Waals surface area contributed by atoms with Crippen LogP contribution < -0.4 is 10.0 Å². The maximum absolute atomic E-state index is 14.8. The first-order chi connectivity index (χ1) is 14.1. The summed E-state index contributed by atoms with van der Waals surface area (Å²) in [5, 5.41) is 14.7. The Kier molecular flexibility index (Phi) is 5.50. The molecule has 6 nitrogen and oxygen atoms in total. The van der Waals surface area contributed by atoms with Crippen molar-refractivity contribution in [2.45, 2.75) is 62.2 Å². The number of carbonyl (C=O) groups excluding carboxylic acids is 1. The highest BCUT2D eigenvalue weighted by molar-refractivity contribution is 7.94. The fourth-order valence-electron chi connectivity index (χ4n) is 4.26. The normalized spacial score (nSPS) is 17.4. The van der Waals surface area contributed by atoms with Crippen LogP contribution in [0.2, 0.25) is 0 Å².